The molecule has 1 aromatic carbocycles. The van der Waals surface area contributed by atoms with Gasteiger partial charge in [-0.3, -0.25) is 0 Å². The second kappa shape index (κ2) is 7.66. The van der Waals surface area contributed by atoms with Gasteiger partial charge in [0.2, 0.25) is 0 Å². The second-order valence-electron chi connectivity index (χ2n) is 5.58. The standard InChI is InChI=1S/C17H29NO3/c1-7-17(4,18(5)6)16(19)13-10-11-14(20-8-2)15(12-13)21-9-3/h10-12,16,19H,7-9H2,1-6H3. The van der Waals surface area contributed by atoms with Crippen LogP contribution in [0.25, 0.3) is 0 Å². The highest BCUT2D eigenvalue weighted by Crippen LogP contribution is 2.37. The van der Waals surface area contributed by atoms with Gasteiger partial charge in [0, 0.05) is 5.54 Å². The van der Waals surface area contributed by atoms with Crippen LogP contribution in [0.5, 0.6) is 11.5 Å². The summed E-state index contributed by atoms with van der Waals surface area (Å²) in [6.07, 6.45) is 0.255. The number of aliphatic hydroxyl groups is 1. The van der Waals surface area contributed by atoms with E-state index in [0.29, 0.717) is 19.0 Å². The highest BCUT2D eigenvalue weighted by Gasteiger charge is 2.34. The van der Waals surface area contributed by atoms with Crippen LogP contribution in [-0.4, -0.2) is 42.9 Å². The number of hydrogen-bond acceptors (Lipinski definition) is 4. The lowest BCUT2D eigenvalue weighted by molar-refractivity contribution is 0.000708. The van der Waals surface area contributed by atoms with E-state index in [1.165, 1.54) is 0 Å². The molecule has 4 nitrogen and oxygen atoms in total. The van der Waals surface area contributed by atoms with Crippen LogP contribution in [0.3, 0.4) is 0 Å². The Morgan fingerprint density at radius 3 is 2.14 bits per heavy atom. The van der Waals surface area contributed by atoms with E-state index in [0.717, 1.165) is 17.7 Å². The first-order valence-electron chi connectivity index (χ1n) is 7.65. The molecule has 0 saturated carbocycles. The fourth-order valence-electron chi connectivity index (χ4n) is 2.35. The van der Waals surface area contributed by atoms with Crippen molar-refractivity contribution >= 4 is 0 Å². The van der Waals surface area contributed by atoms with Crippen molar-refractivity contribution in [2.75, 3.05) is 27.3 Å². The molecule has 0 fully saturated rings. The van der Waals surface area contributed by atoms with Gasteiger partial charge >= 0.3 is 0 Å². The highest BCUT2D eigenvalue weighted by atomic mass is 16.5. The third-order valence-electron chi connectivity index (χ3n) is 4.21. The predicted molar refractivity (Wildman–Crippen MR) is 86.1 cm³/mol. The molecule has 0 aliphatic rings. The smallest absolute Gasteiger partial charge is 0.161 e. The van der Waals surface area contributed by atoms with E-state index in [2.05, 4.69) is 18.7 Å². The van der Waals surface area contributed by atoms with E-state index < -0.39 is 6.10 Å². The molecule has 2 atom stereocenters. The highest BCUT2D eigenvalue weighted by molar-refractivity contribution is 5.44. The normalized spacial score (nSPS) is 15.6. The fraction of sp³-hybridized carbons (Fsp3) is 0.647. The minimum Gasteiger partial charge on any atom is -0.490 e. The molecule has 21 heavy (non-hydrogen) atoms. The van der Waals surface area contributed by atoms with E-state index in [-0.39, 0.29) is 5.54 Å². The average molecular weight is 295 g/mol. The molecule has 1 N–H and O–H groups in total. The van der Waals surface area contributed by atoms with Crippen molar-refractivity contribution in [2.24, 2.45) is 0 Å². The number of benzene rings is 1. The lowest BCUT2D eigenvalue weighted by Crippen LogP contribution is -2.46. The number of rotatable bonds is 8. The Bertz CT molecular complexity index is 448. The van der Waals surface area contributed by atoms with E-state index in [1.54, 1.807) is 0 Å². The molecule has 0 heterocycles. The van der Waals surface area contributed by atoms with Crippen molar-refractivity contribution in [2.45, 2.75) is 45.8 Å². The molecule has 0 aliphatic heterocycles. The molecule has 2 unspecified atom stereocenters. The molecular weight excluding hydrogens is 266 g/mol. The number of aliphatic hydroxyl groups excluding tert-OH is 1. The van der Waals surface area contributed by atoms with Crippen LogP contribution >= 0.6 is 0 Å². The quantitative estimate of drug-likeness (QED) is 0.799. The van der Waals surface area contributed by atoms with Crippen LogP contribution in [0, 0.1) is 0 Å². The van der Waals surface area contributed by atoms with E-state index in [9.17, 15) is 5.11 Å². The van der Waals surface area contributed by atoms with Gasteiger partial charge in [0.15, 0.2) is 11.5 Å². The van der Waals surface area contributed by atoms with E-state index >= 15 is 0 Å². The van der Waals surface area contributed by atoms with Crippen LogP contribution < -0.4 is 9.47 Å². The second-order valence-corrected chi connectivity index (χ2v) is 5.58. The summed E-state index contributed by atoms with van der Waals surface area (Å²) in [6, 6.07) is 5.67. The van der Waals surface area contributed by atoms with Crippen molar-refractivity contribution in [3.63, 3.8) is 0 Å². The van der Waals surface area contributed by atoms with Gasteiger partial charge in [0.1, 0.15) is 0 Å². The first-order valence-corrected chi connectivity index (χ1v) is 7.65. The van der Waals surface area contributed by atoms with Gasteiger partial charge in [-0.05, 0) is 59.0 Å². The van der Waals surface area contributed by atoms with Crippen LogP contribution in [0.2, 0.25) is 0 Å². The molecule has 1 aromatic rings. The zero-order valence-corrected chi connectivity index (χ0v) is 14.1. The lowest BCUT2D eigenvalue weighted by atomic mass is 9.86. The fourth-order valence-corrected chi connectivity index (χ4v) is 2.35. The summed E-state index contributed by atoms with van der Waals surface area (Å²) in [7, 11) is 3.98. The van der Waals surface area contributed by atoms with Crippen molar-refractivity contribution in [1.29, 1.82) is 0 Å². The van der Waals surface area contributed by atoms with Crippen molar-refractivity contribution in [3.05, 3.63) is 23.8 Å². The monoisotopic (exact) mass is 295 g/mol. The number of ether oxygens (including phenoxy) is 2. The molecule has 0 aromatic heterocycles. The van der Waals surface area contributed by atoms with Crippen LogP contribution in [-0.2, 0) is 0 Å². The largest absolute Gasteiger partial charge is 0.490 e. The van der Waals surface area contributed by atoms with Gasteiger partial charge in [-0.2, -0.15) is 0 Å². The van der Waals surface area contributed by atoms with Gasteiger partial charge in [-0.1, -0.05) is 13.0 Å². The summed E-state index contributed by atoms with van der Waals surface area (Å²) in [5.74, 6) is 1.41. The molecule has 0 radical (unpaired) electrons. The number of nitrogens with zero attached hydrogens (tertiary/aromatic N) is 1. The van der Waals surface area contributed by atoms with Gasteiger partial charge in [-0.15, -0.1) is 0 Å². The summed E-state index contributed by atoms with van der Waals surface area (Å²) in [5.41, 5.74) is 0.524. The zero-order chi connectivity index (χ0) is 16.0. The maximum atomic E-state index is 10.8. The van der Waals surface area contributed by atoms with E-state index in [1.807, 2.05) is 46.1 Å². The zero-order valence-electron chi connectivity index (χ0n) is 14.1. The Morgan fingerprint density at radius 1 is 1.10 bits per heavy atom. The molecule has 0 amide bonds. The summed E-state index contributed by atoms with van der Waals surface area (Å²) >= 11 is 0. The molecule has 1 rings (SSSR count). The third-order valence-corrected chi connectivity index (χ3v) is 4.21. The lowest BCUT2D eigenvalue weighted by Gasteiger charge is -2.40. The molecule has 4 heteroatoms. The van der Waals surface area contributed by atoms with Crippen LogP contribution in [0.15, 0.2) is 18.2 Å². The van der Waals surface area contributed by atoms with Gasteiger partial charge in [-0.25, -0.2) is 0 Å². The Hall–Kier alpha value is -1.26. The van der Waals surface area contributed by atoms with Gasteiger partial charge in [0.25, 0.3) is 0 Å². The Balaban J connectivity index is 3.15. The maximum Gasteiger partial charge on any atom is 0.161 e. The molecule has 120 valence electrons. The summed E-state index contributed by atoms with van der Waals surface area (Å²) in [5, 5.41) is 10.8. The average Bonchev–Trinajstić information content (AvgIpc) is 2.47. The topological polar surface area (TPSA) is 41.9 Å². The minimum absolute atomic E-state index is 0.323. The summed E-state index contributed by atoms with van der Waals surface area (Å²) in [4.78, 5) is 2.06. The Labute approximate surface area is 128 Å². The first kappa shape index (κ1) is 17.8. The first-order chi connectivity index (χ1) is 9.90. The maximum absolute atomic E-state index is 10.8. The summed E-state index contributed by atoms with van der Waals surface area (Å²) < 4.78 is 11.2. The molecule has 0 bridgehead atoms. The predicted octanol–water partition coefficient (Wildman–Crippen LogP) is 3.25. The Kier molecular flexibility index (Phi) is 6.49. The van der Waals surface area contributed by atoms with Crippen molar-refractivity contribution in [1.82, 2.24) is 4.90 Å². The number of likely N-dealkylation sites (N-methyl/N-ethyl adjacent to an activating group) is 1. The van der Waals surface area contributed by atoms with Gasteiger partial charge < -0.3 is 19.5 Å². The van der Waals surface area contributed by atoms with Crippen LogP contribution in [0.4, 0.5) is 0 Å². The molecular formula is C17H29NO3. The molecule has 0 spiro atoms. The number of hydrogen-bond donors (Lipinski definition) is 1. The van der Waals surface area contributed by atoms with Gasteiger partial charge in [0.05, 0.1) is 19.3 Å². The van der Waals surface area contributed by atoms with Crippen molar-refractivity contribution < 1.29 is 14.6 Å². The van der Waals surface area contributed by atoms with Crippen molar-refractivity contribution in [3.8, 4) is 11.5 Å². The third kappa shape index (κ3) is 3.89. The SMILES string of the molecule is CCOc1ccc(C(O)C(C)(CC)N(C)C)cc1OCC. The minimum atomic E-state index is -0.590. The molecule has 0 aliphatic carbocycles. The summed E-state index contributed by atoms with van der Waals surface area (Å²) in [6.45, 7) is 9.19. The van der Waals surface area contributed by atoms with Crippen LogP contribution in [0.1, 0.15) is 45.8 Å². The Morgan fingerprint density at radius 2 is 1.67 bits per heavy atom. The molecule has 0 saturated heterocycles. The van der Waals surface area contributed by atoms with E-state index in [4.69, 9.17) is 9.47 Å².